The number of aromatic nitrogens is 1. The van der Waals surface area contributed by atoms with Crippen molar-refractivity contribution in [1.29, 1.82) is 0 Å². The molecule has 0 spiro atoms. The third kappa shape index (κ3) is 3.31. The third-order valence-electron chi connectivity index (χ3n) is 4.00. The summed E-state index contributed by atoms with van der Waals surface area (Å²) in [7, 11) is 1.65. The van der Waals surface area contributed by atoms with E-state index in [9.17, 15) is 0 Å². The van der Waals surface area contributed by atoms with Crippen LogP contribution < -0.4 is 4.74 Å². The highest BCUT2D eigenvalue weighted by Crippen LogP contribution is 2.27. The van der Waals surface area contributed by atoms with Crippen molar-refractivity contribution in [2.45, 2.75) is 0 Å². The maximum atomic E-state index is 5.88. The van der Waals surface area contributed by atoms with Crippen molar-refractivity contribution in [1.82, 2.24) is 4.98 Å². The van der Waals surface area contributed by atoms with Crippen LogP contribution in [0.5, 0.6) is 5.75 Å². The Morgan fingerprint density at radius 1 is 0.840 bits per heavy atom. The molecular formula is C22H17NO2. The Bertz CT molecular complexity index is 1030. The average Bonchev–Trinajstić information content (AvgIpc) is 3.10. The van der Waals surface area contributed by atoms with Crippen molar-refractivity contribution in [3.63, 3.8) is 0 Å². The summed E-state index contributed by atoms with van der Waals surface area (Å²) in [5.41, 5.74) is 4.77. The van der Waals surface area contributed by atoms with Crippen LogP contribution in [-0.4, -0.2) is 12.1 Å². The lowest BCUT2D eigenvalue weighted by Crippen LogP contribution is -1.83. The minimum absolute atomic E-state index is 0.595. The van der Waals surface area contributed by atoms with Gasteiger partial charge in [-0.3, -0.25) is 0 Å². The summed E-state index contributed by atoms with van der Waals surface area (Å²) in [5.74, 6) is 1.38. The van der Waals surface area contributed by atoms with E-state index in [2.05, 4.69) is 29.3 Å². The number of ether oxygens (including phenoxy) is 1. The van der Waals surface area contributed by atoms with Crippen molar-refractivity contribution >= 4 is 23.3 Å². The molecule has 0 saturated carbocycles. The Morgan fingerprint density at radius 3 is 2.52 bits per heavy atom. The van der Waals surface area contributed by atoms with E-state index >= 15 is 0 Å². The maximum absolute atomic E-state index is 5.88. The van der Waals surface area contributed by atoms with Crippen molar-refractivity contribution in [3.05, 3.63) is 83.9 Å². The van der Waals surface area contributed by atoms with Crippen LogP contribution in [0.25, 0.3) is 34.7 Å². The molecule has 0 aliphatic carbocycles. The molecule has 0 radical (unpaired) electrons. The number of oxazole rings is 1. The number of rotatable bonds is 4. The van der Waals surface area contributed by atoms with E-state index < -0.39 is 0 Å². The molecule has 3 heteroatoms. The lowest BCUT2D eigenvalue weighted by molar-refractivity contribution is 0.415. The molecule has 3 aromatic carbocycles. The zero-order valence-corrected chi connectivity index (χ0v) is 13.8. The highest BCUT2D eigenvalue weighted by molar-refractivity contribution is 5.81. The molecule has 0 unspecified atom stereocenters. The smallest absolute Gasteiger partial charge is 0.227 e. The fourth-order valence-corrected chi connectivity index (χ4v) is 2.68. The second kappa shape index (κ2) is 6.65. The molecule has 0 saturated heterocycles. The number of hydrogen-bond donors (Lipinski definition) is 0. The highest BCUT2D eigenvalue weighted by atomic mass is 16.5. The SMILES string of the molecule is COc1cccc(-c2nc3cc(C=Cc4ccccc4)ccc3o2)c1. The molecule has 3 nitrogen and oxygen atoms in total. The first kappa shape index (κ1) is 15.2. The first-order chi connectivity index (χ1) is 12.3. The zero-order chi connectivity index (χ0) is 17.1. The highest BCUT2D eigenvalue weighted by Gasteiger charge is 2.09. The minimum Gasteiger partial charge on any atom is -0.497 e. The number of fused-ring (bicyclic) bond motifs is 1. The lowest BCUT2D eigenvalue weighted by atomic mass is 10.1. The van der Waals surface area contributed by atoms with Crippen molar-refractivity contribution in [2.24, 2.45) is 0 Å². The zero-order valence-electron chi connectivity index (χ0n) is 13.8. The van der Waals surface area contributed by atoms with Crippen molar-refractivity contribution in [2.75, 3.05) is 7.11 Å². The molecular weight excluding hydrogens is 310 g/mol. The normalized spacial score (nSPS) is 11.2. The molecule has 25 heavy (non-hydrogen) atoms. The standard InChI is InChI=1S/C22H17NO2/c1-24-19-9-5-8-18(15-19)22-23-20-14-17(12-13-21(20)25-22)11-10-16-6-3-2-4-7-16/h2-15H,1H3. The van der Waals surface area contributed by atoms with Gasteiger partial charge in [-0.1, -0.05) is 54.6 Å². The molecule has 1 heterocycles. The van der Waals surface area contributed by atoms with Gasteiger partial charge in [0.2, 0.25) is 5.89 Å². The van der Waals surface area contributed by atoms with Gasteiger partial charge in [0.15, 0.2) is 5.58 Å². The van der Waals surface area contributed by atoms with Crippen LogP contribution in [0, 0.1) is 0 Å². The fourth-order valence-electron chi connectivity index (χ4n) is 2.68. The first-order valence-corrected chi connectivity index (χ1v) is 8.10. The average molecular weight is 327 g/mol. The molecule has 122 valence electrons. The summed E-state index contributed by atoms with van der Waals surface area (Å²) < 4.78 is 11.1. The van der Waals surface area contributed by atoms with Gasteiger partial charge in [0.1, 0.15) is 11.3 Å². The fraction of sp³-hybridized carbons (Fsp3) is 0.0455. The van der Waals surface area contributed by atoms with Crippen LogP contribution in [0.3, 0.4) is 0 Å². The summed E-state index contributed by atoms with van der Waals surface area (Å²) in [6, 6.07) is 23.9. The Kier molecular flexibility index (Phi) is 4.05. The molecule has 0 aliphatic rings. The molecule has 4 aromatic rings. The van der Waals surface area contributed by atoms with E-state index in [1.165, 1.54) is 5.56 Å². The topological polar surface area (TPSA) is 35.3 Å². The largest absolute Gasteiger partial charge is 0.497 e. The Labute approximate surface area is 146 Å². The summed E-state index contributed by atoms with van der Waals surface area (Å²) in [6.07, 6.45) is 4.17. The molecule has 0 atom stereocenters. The van der Waals surface area contributed by atoms with E-state index in [-0.39, 0.29) is 0 Å². The van der Waals surface area contributed by atoms with E-state index in [1.807, 2.05) is 60.7 Å². The van der Waals surface area contributed by atoms with Gasteiger partial charge < -0.3 is 9.15 Å². The molecule has 0 amide bonds. The summed E-state index contributed by atoms with van der Waals surface area (Å²) in [5, 5.41) is 0. The number of nitrogens with zero attached hydrogens (tertiary/aromatic N) is 1. The molecule has 0 fully saturated rings. The molecule has 0 aliphatic heterocycles. The van der Waals surface area contributed by atoms with Gasteiger partial charge in [0.05, 0.1) is 7.11 Å². The quantitative estimate of drug-likeness (QED) is 0.453. The van der Waals surface area contributed by atoms with Gasteiger partial charge in [-0.2, -0.15) is 0 Å². The van der Waals surface area contributed by atoms with E-state index in [0.717, 1.165) is 28.0 Å². The van der Waals surface area contributed by atoms with Crippen molar-refractivity contribution in [3.8, 4) is 17.2 Å². The minimum atomic E-state index is 0.595. The van der Waals surface area contributed by atoms with E-state index in [1.54, 1.807) is 7.11 Å². The Balaban J connectivity index is 1.66. The molecule has 4 rings (SSSR count). The van der Waals surface area contributed by atoms with Gasteiger partial charge in [-0.25, -0.2) is 4.98 Å². The number of benzene rings is 3. The predicted molar refractivity (Wildman–Crippen MR) is 101 cm³/mol. The van der Waals surface area contributed by atoms with Gasteiger partial charge in [-0.15, -0.1) is 0 Å². The van der Waals surface area contributed by atoms with E-state index in [4.69, 9.17) is 9.15 Å². The van der Waals surface area contributed by atoms with Crippen LogP contribution in [-0.2, 0) is 0 Å². The van der Waals surface area contributed by atoms with Crippen LogP contribution in [0.1, 0.15) is 11.1 Å². The monoisotopic (exact) mass is 327 g/mol. The first-order valence-electron chi connectivity index (χ1n) is 8.10. The van der Waals surface area contributed by atoms with Crippen molar-refractivity contribution < 1.29 is 9.15 Å². The number of hydrogen-bond acceptors (Lipinski definition) is 3. The Hall–Kier alpha value is -3.33. The summed E-state index contributed by atoms with van der Waals surface area (Å²) in [4.78, 5) is 4.62. The van der Waals surface area contributed by atoms with Gasteiger partial charge in [0.25, 0.3) is 0 Å². The molecule has 0 bridgehead atoms. The second-order valence-electron chi connectivity index (χ2n) is 5.72. The van der Waals surface area contributed by atoms with Crippen LogP contribution >= 0.6 is 0 Å². The van der Waals surface area contributed by atoms with Crippen LogP contribution in [0.2, 0.25) is 0 Å². The third-order valence-corrected chi connectivity index (χ3v) is 4.00. The van der Waals surface area contributed by atoms with Gasteiger partial charge in [-0.05, 0) is 41.5 Å². The van der Waals surface area contributed by atoms with Crippen LogP contribution in [0.4, 0.5) is 0 Å². The maximum Gasteiger partial charge on any atom is 0.227 e. The predicted octanol–water partition coefficient (Wildman–Crippen LogP) is 5.67. The van der Waals surface area contributed by atoms with E-state index in [0.29, 0.717) is 5.89 Å². The summed E-state index contributed by atoms with van der Waals surface area (Å²) >= 11 is 0. The molecule has 1 aromatic heterocycles. The lowest BCUT2D eigenvalue weighted by Gasteiger charge is -2.00. The van der Waals surface area contributed by atoms with Crippen LogP contribution in [0.15, 0.2) is 77.2 Å². The van der Waals surface area contributed by atoms with Gasteiger partial charge in [0, 0.05) is 5.56 Å². The second-order valence-corrected chi connectivity index (χ2v) is 5.72. The number of methoxy groups -OCH3 is 1. The molecule has 0 N–H and O–H groups in total. The van der Waals surface area contributed by atoms with Gasteiger partial charge >= 0.3 is 0 Å². The Morgan fingerprint density at radius 2 is 1.68 bits per heavy atom. The summed E-state index contributed by atoms with van der Waals surface area (Å²) in [6.45, 7) is 0.